The van der Waals surface area contributed by atoms with Crippen LogP contribution in [0.25, 0.3) is 11.2 Å². The van der Waals surface area contributed by atoms with E-state index < -0.39 is 23.1 Å². The molecular formula is C22H26F3N7O2. The lowest BCUT2D eigenvalue weighted by atomic mass is 9.85. The van der Waals surface area contributed by atoms with E-state index in [4.69, 9.17) is 5.73 Å². The first-order valence-corrected chi connectivity index (χ1v) is 11.1. The van der Waals surface area contributed by atoms with Crippen molar-refractivity contribution in [1.82, 2.24) is 19.5 Å². The van der Waals surface area contributed by atoms with Crippen molar-refractivity contribution in [2.75, 3.05) is 17.2 Å². The van der Waals surface area contributed by atoms with Crippen molar-refractivity contribution >= 4 is 34.7 Å². The average Bonchev–Trinajstić information content (AvgIpc) is 3.20. The second-order valence-electron chi connectivity index (χ2n) is 8.39. The molecule has 0 radical (unpaired) electrons. The quantitative estimate of drug-likeness (QED) is 0.366. The number of fused-ring (bicyclic) bond motifs is 1. The van der Waals surface area contributed by atoms with Gasteiger partial charge in [-0.3, -0.25) is 9.36 Å². The number of aliphatic hydroxyl groups excluding tert-OH is 1. The first-order chi connectivity index (χ1) is 16.3. The Bertz CT molecular complexity index is 1190. The van der Waals surface area contributed by atoms with Gasteiger partial charge in [0.2, 0.25) is 17.8 Å². The van der Waals surface area contributed by atoms with E-state index in [0.717, 1.165) is 6.07 Å². The van der Waals surface area contributed by atoms with Gasteiger partial charge in [0.25, 0.3) is 0 Å². The molecule has 34 heavy (non-hydrogen) atoms. The van der Waals surface area contributed by atoms with Crippen LogP contribution in [0.2, 0.25) is 0 Å². The minimum Gasteiger partial charge on any atom is -0.394 e. The number of imidazole rings is 1. The summed E-state index contributed by atoms with van der Waals surface area (Å²) < 4.78 is 44.2. The lowest BCUT2D eigenvalue weighted by molar-refractivity contribution is -0.122. The molecule has 1 aliphatic rings. The largest absolute Gasteiger partial charge is 0.394 e. The molecule has 2 heterocycles. The van der Waals surface area contributed by atoms with Crippen molar-refractivity contribution in [2.24, 2.45) is 11.7 Å². The number of amides is 1. The van der Waals surface area contributed by atoms with E-state index in [1.54, 1.807) is 4.57 Å². The third-order valence-corrected chi connectivity index (χ3v) is 6.22. The van der Waals surface area contributed by atoms with E-state index in [-0.39, 0.29) is 42.4 Å². The standard InChI is InChI=1S/C22H26F3N7O2/c1-2-12(10-33)28-21-27-9-16-20(31-21)32(13-5-3-11(4-6-13)19(26)34)22(29-16)30-18-15(24)8-7-14(23)17(18)25/h7-9,11-13,33H,2-6,10H2,1H3,(H2,26,34)(H,29,30)(H,27,28,31)/t11-,12-,13+/m0/s1. The van der Waals surface area contributed by atoms with Crippen LogP contribution in [0.1, 0.15) is 45.1 Å². The van der Waals surface area contributed by atoms with Gasteiger partial charge >= 0.3 is 0 Å². The van der Waals surface area contributed by atoms with E-state index in [1.807, 2.05) is 6.92 Å². The highest BCUT2D eigenvalue weighted by Crippen LogP contribution is 2.37. The highest BCUT2D eigenvalue weighted by molar-refractivity contribution is 5.78. The van der Waals surface area contributed by atoms with Crippen LogP contribution in [0.3, 0.4) is 0 Å². The van der Waals surface area contributed by atoms with Crippen LogP contribution in [0.4, 0.5) is 30.8 Å². The summed E-state index contributed by atoms with van der Waals surface area (Å²) in [4.78, 5) is 24.8. The maximum absolute atomic E-state index is 14.4. The lowest BCUT2D eigenvalue weighted by Gasteiger charge is -2.29. The van der Waals surface area contributed by atoms with Crippen LogP contribution >= 0.6 is 0 Å². The molecule has 0 bridgehead atoms. The number of nitrogens with zero attached hydrogens (tertiary/aromatic N) is 4. The summed E-state index contributed by atoms with van der Waals surface area (Å²) >= 11 is 0. The molecule has 0 unspecified atom stereocenters. The molecule has 1 atom stereocenters. The normalized spacial score (nSPS) is 19.2. The Morgan fingerprint density at radius 2 is 1.91 bits per heavy atom. The van der Waals surface area contributed by atoms with Gasteiger partial charge in [0.05, 0.1) is 18.8 Å². The van der Waals surface area contributed by atoms with Gasteiger partial charge in [0.15, 0.2) is 17.3 Å². The molecule has 1 amide bonds. The molecule has 9 nitrogen and oxygen atoms in total. The van der Waals surface area contributed by atoms with Gasteiger partial charge in [-0.1, -0.05) is 6.92 Å². The lowest BCUT2D eigenvalue weighted by Crippen LogP contribution is -2.29. The van der Waals surface area contributed by atoms with Crippen molar-refractivity contribution in [1.29, 1.82) is 0 Å². The van der Waals surface area contributed by atoms with Crippen molar-refractivity contribution < 1.29 is 23.1 Å². The summed E-state index contributed by atoms with van der Waals surface area (Å²) in [6, 6.07) is 1.07. The Morgan fingerprint density at radius 3 is 2.56 bits per heavy atom. The molecule has 0 aliphatic heterocycles. The van der Waals surface area contributed by atoms with Gasteiger partial charge < -0.3 is 21.5 Å². The summed E-state index contributed by atoms with van der Waals surface area (Å²) in [5.41, 5.74) is 5.55. The van der Waals surface area contributed by atoms with Crippen LogP contribution in [-0.4, -0.2) is 43.2 Å². The highest BCUT2D eigenvalue weighted by Gasteiger charge is 2.30. The van der Waals surface area contributed by atoms with Crippen LogP contribution in [-0.2, 0) is 4.79 Å². The third kappa shape index (κ3) is 4.63. The minimum absolute atomic E-state index is 0.0709. The maximum Gasteiger partial charge on any atom is 0.225 e. The zero-order valence-electron chi connectivity index (χ0n) is 18.6. The topological polar surface area (TPSA) is 131 Å². The number of hydrogen-bond donors (Lipinski definition) is 4. The van der Waals surface area contributed by atoms with Crippen LogP contribution in [0.15, 0.2) is 18.3 Å². The zero-order chi connectivity index (χ0) is 24.4. The fourth-order valence-corrected chi connectivity index (χ4v) is 4.23. The summed E-state index contributed by atoms with van der Waals surface area (Å²) in [6.45, 7) is 1.79. The number of halogens is 3. The molecule has 0 saturated heterocycles. The van der Waals surface area contributed by atoms with Gasteiger partial charge in [-0.15, -0.1) is 0 Å². The van der Waals surface area contributed by atoms with Crippen molar-refractivity contribution in [3.05, 3.63) is 35.8 Å². The molecule has 4 rings (SSSR count). The van der Waals surface area contributed by atoms with Crippen LogP contribution < -0.4 is 16.4 Å². The fourth-order valence-electron chi connectivity index (χ4n) is 4.23. The number of carbonyl (C=O) groups excluding carboxylic acids is 1. The smallest absolute Gasteiger partial charge is 0.225 e. The zero-order valence-corrected chi connectivity index (χ0v) is 18.6. The fraction of sp³-hybridized carbons (Fsp3) is 0.455. The monoisotopic (exact) mass is 477 g/mol. The summed E-state index contributed by atoms with van der Waals surface area (Å²) in [5.74, 6) is -3.82. The first kappa shape index (κ1) is 23.7. The van der Waals surface area contributed by atoms with E-state index in [2.05, 4.69) is 25.6 Å². The Balaban J connectivity index is 1.77. The first-order valence-electron chi connectivity index (χ1n) is 11.1. The number of aromatic nitrogens is 4. The molecule has 1 fully saturated rings. The Hall–Kier alpha value is -3.41. The van der Waals surface area contributed by atoms with Crippen LogP contribution in [0.5, 0.6) is 0 Å². The molecule has 12 heteroatoms. The number of aliphatic hydroxyl groups is 1. The number of rotatable bonds is 8. The average molecular weight is 477 g/mol. The number of nitrogens with two attached hydrogens (primary N) is 1. The van der Waals surface area contributed by atoms with Crippen molar-refractivity contribution in [2.45, 2.75) is 51.1 Å². The number of carbonyl (C=O) groups is 1. The van der Waals surface area contributed by atoms with Crippen molar-refractivity contribution in [3.8, 4) is 0 Å². The number of primary amides is 1. The van der Waals surface area contributed by atoms with Crippen molar-refractivity contribution in [3.63, 3.8) is 0 Å². The molecule has 2 aromatic heterocycles. The second kappa shape index (κ2) is 9.84. The number of nitrogens with one attached hydrogen (secondary N) is 2. The SMILES string of the molecule is CC[C@@H](CO)Nc1ncc2nc(Nc3c(F)ccc(F)c3F)n([C@H]3CC[C@@H](C(N)=O)CC3)c2n1. The highest BCUT2D eigenvalue weighted by atomic mass is 19.2. The number of anilines is 3. The van der Waals surface area contributed by atoms with Crippen LogP contribution in [0, 0.1) is 23.4 Å². The van der Waals surface area contributed by atoms with E-state index >= 15 is 0 Å². The van der Waals surface area contributed by atoms with E-state index in [9.17, 15) is 23.1 Å². The van der Waals surface area contributed by atoms with Gasteiger partial charge in [-0.05, 0) is 44.2 Å². The molecule has 1 aliphatic carbocycles. The third-order valence-electron chi connectivity index (χ3n) is 6.22. The van der Waals surface area contributed by atoms with Gasteiger partial charge in [0.1, 0.15) is 17.0 Å². The summed E-state index contributed by atoms with van der Waals surface area (Å²) in [6.07, 6.45) is 4.30. The maximum atomic E-state index is 14.4. The van der Waals surface area contributed by atoms with Gasteiger partial charge in [-0.25, -0.2) is 23.1 Å². The van der Waals surface area contributed by atoms with E-state index in [0.29, 0.717) is 49.3 Å². The molecule has 1 aromatic carbocycles. The molecule has 3 aromatic rings. The molecule has 1 saturated carbocycles. The Morgan fingerprint density at radius 1 is 1.21 bits per heavy atom. The Kier molecular flexibility index (Phi) is 6.87. The summed E-state index contributed by atoms with van der Waals surface area (Å²) in [5, 5.41) is 15.1. The second-order valence-corrected chi connectivity index (χ2v) is 8.39. The number of benzene rings is 1. The molecule has 5 N–H and O–H groups in total. The Labute approximate surface area is 193 Å². The molecular weight excluding hydrogens is 451 g/mol. The molecule has 182 valence electrons. The van der Waals surface area contributed by atoms with E-state index in [1.165, 1.54) is 6.20 Å². The molecule has 0 spiro atoms. The predicted molar refractivity (Wildman–Crippen MR) is 120 cm³/mol. The summed E-state index contributed by atoms with van der Waals surface area (Å²) in [7, 11) is 0. The van der Waals surface area contributed by atoms with Gasteiger partial charge in [0, 0.05) is 12.0 Å². The minimum atomic E-state index is -1.36. The number of hydrogen-bond acceptors (Lipinski definition) is 7. The van der Waals surface area contributed by atoms with Gasteiger partial charge in [-0.2, -0.15) is 4.98 Å². The predicted octanol–water partition coefficient (Wildman–Crippen LogP) is 3.39.